The first kappa shape index (κ1) is 15.1. The Labute approximate surface area is 114 Å². The summed E-state index contributed by atoms with van der Waals surface area (Å²) in [5.41, 5.74) is 0.542. The number of ether oxygens (including phenoxy) is 2. The molecular formula is C14H22N2O3. The van der Waals surface area contributed by atoms with Crippen molar-refractivity contribution in [3.05, 3.63) is 18.2 Å². The highest BCUT2D eigenvalue weighted by atomic mass is 16.5. The van der Waals surface area contributed by atoms with Crippen molar-refractivity contribution >= 4 is 11.7 Å². The number of hydrogen-bond donors (Lipinski definition) is 2. The molecule has 0 aliphatic carbocycles. The minimum atomic E-state index is -0.251. The van der Waals surface area contributed by atoms with Crippen LogP contribution in [0.25, 0.3) is 0 Å². The van der Waals surface area contributed by atoms with Crippen LogP contribution in [0.2, 0.25) is 0 Å². The fraction of sp³-hybridized carbons (Fsp3) is 0.500. The lowest BCUT2D eigenvalue weighted by Crippen LogP contribution is -2.29. The highest BCUT2D eigenvalue weighted by molar-refractivity contribution is 5.92. The summed E-state index contributed by atoms with van der Waals surface area (Å²) in [6.07, 6.45) is 3.22. The van der Waals surface area contributed by atoms with Crippen molar-refractivity contribution < 1.29 is 14.3 Å². The van der Waals surface area contributed by atoms with Crippen molar-refractivity contribution in [1.82, 2.24) is 5.32 Å². The van der Waals surface area contributed by atoms with Gasteiger partial charge in [0, 0.05) is 6.54 Å². The molecule has 0 bridgehead atoms. The molecule has 5 nitrogen and oxygen atoms in total. The fourth-order valence-electron chi connectivity index (χ4n) is 1.71. The second-order valence-corrected chi connectivity index (χ2v) is 4.13. The summed E-state index contributed by atoms with van der Waals surface area (Å²) >= 11 is 0. The highest BCUT2D eigenvalue weighted by Crippen LogP contribution is 2.33. The quantitative estimate of drug-likeness (QED) is 0.746. The minimum absolute atomic E-state index is 0.251. The summed E-state index contributed by atoms with van der Waals surface area (Å²) in [7, 11) is 3.11. The van der Waals surface area contributed by atoms with Crippen molar-refractivity contribution in [2.75, 3.05) is 26.1 Å². The van der Waals surface area contributed by atoms with Crippen molar-refractivity contribution in [3.63, 3.8) is 0 Å². The SMILES string of the molecule is CCCCCNC(=O)Nc1c(OC)cccc1OC. The lowest BCUT2D eigenvalue weighted by atomic mass is 10.2. The molecule has 0 aromatic heterocycles. The standard InChI is InChI=1S/C14H22N2O3/c1-4-5-6-10-15-14(17)16-13-11(18-2)8-7-9-12(13)19-3/h7-9H,4-6,10H2,1-3H3,(H2,15,16,17). The lowest BCUT2D eigenvalue weighted by molar-refractivity contribution is 0.251. The summed E-state index contributed by atoms with van der Waals surface area (Å²) in [6.45, 7) is 2.79. The van der Waals surface area contributed by atoms with Crippen LogP contribution >= 0.6 is 0 Å². The Bertz CT molecular complexity index is 385. The number of rotatable bonds is 7. The van der Waals surface area contributed by atoms with Gasteiger partial charge < -0.3 is 20.1 Å². The average molecular weight is 266 g/mol. The van der Waals surface area contributed by atoms with Gasteiger partial charge in [-0.1, -0.05) is 25.8 Å². The molecule has 1 rings (SSSR count). The van der Waals surface area contributed by atoms with Crippen LogP contribution in [0.3, 0.4) is 0 Å². The van der Waals surface area contributed by atoms with Crippen LogP contribution < -0.4 is 20.1 Å². The number of para-hydroxylation sites is 1. The van der Waals surface area contributed by atoms with Gasteiger partial charge in [0.25, 0.3) is 0 Å². The molecule has 1 aromatic rings. The lowest BCUT2D eigenvalue weighted by Gasteiger charge is -2.14. The van der Waals surface area contributed by atoms with Gasteiger partial charge in [-0.15, -0.1) is 0 Å². The van der Waals surface area contributed by atoms with Crippen LogP contribution in [-0.2, 0) is 0 Å². The van der Waals surface area contributed by atoms with Crippen LogP contribution in [0, 0.1) is 0 Å². The van der Waals surface area contributed by atoms with Gasteiger partial charge in [-0.25, -0.2) is 4.79 Å². The fourth-order valence-corrected chi connectivity index (χ4v) is 1.71. The largest absolute Gasteiger partial charge is 0.494 e. The predicted octanol–water partition coefficient (Wildman–Crippen LogP) is 3.02. The van der Waals surface area contributed by atoms with E-state index in [1.807, 2.05) is 6.07 Å². The van der Waals surface area contributed by atoms with Gasteiger partial charge in [0.2, 0.25) is 0 Å². The van der Waals surface area contributed by atoms with Gasteiger partial charge >= 0.3 is 6.03 Å². The monoisotopic (exact) mass is 266 g/mol. The van der Waals surface area contributed by atoms with Gasteiger partial charge in [0.1, 0.15) is 17.2 Å². The minimum Gasteiger partial charge on any atom is -0.494 e. The maximum absolute atomic E-state index is 11.8. The number of nitrogens with one attached hydrogen (secondary N) is 2. The normalized spacial score (nSPS) is 9.84. The smallest absolute Gasteiger partial charge is 0.319 e. The Morgan fingerprint density at radius 3 is 2.32 bits per heavy atom. The van der Waals surface area contributed by atoms with E-state index in [-0.39, 0.29) is 6.03 Å². The van der Waals surface area contributed by atoms with Crippen molar-refractivity contribution in [2.24, 2.45) is 0 Å². The van der Waals surface area contributed by atoms with Crippen LogP contribution in [-0.4, -0.2) is 26.8 Å². The van der Waals surface area contributed by atoms with Crippen LogP contribution in [0.5, 0.6) is 11.5 Å². The molecule has 0 heterocycles. The topological polar surface area (TPSA) is 59.6 Å². The zero-order valence-electron chi connectivity index (χ0n) is 11.8. The molecule has 0 aliphatic rings. The molecule has 19 heavy (non-hydrogen) atoms. The van der Waals surface area contributed by atoms with E-state index in [2.05, 4.69) is 17.6 Å². The summed E-state index contributed by atoms with van der Waals surface area (Å²) in [5, 5.41) is 5.57. The molecule has 2 amide bonds. The number of benzene rings is 1. The molecule has 0 saturated heterocycles. The van der Waals surface area contributed by atoms with E-state index in [1.54, 1.807) is 26.4 Å². The van der Waals surface area contributed by atoms with Crippen LogP contribution in [0.4, 0.5) is 10.5 Å². The number of carbonyl (C=O) groups is 1. The van der Waals surface area contributed by atoms with E-state index in [0.29, 0.717) is 23.7 Å². The molecule has 0 unspecified atom stereocenters. The predicted molar refractivity (Wildman–Crippen MR) is 76.1 cm³/mol. The van der Waals surface area contributed by atoms with Crippen molar-refractivity contribution in [2.45, 2.75) is 26.2 Å². The van der Waals surface area contributed by atoms with Crippen molar-refractivity contribution in [1.29, 1.82) is 0 Å². The first-order valence-corrected chi connectivity index (χ1v) is 6.48. The van der Waals surface area contributed by atoms with Crippen molar-refractivity contribution in [3.8, 4) is 11.5 Å². The number of amides is 2. The summed E-state index contributed by atoms with van der Waals surface area (Å²) in [4.78, 5) is 11.8. The van der Waals surface area contributed by atoms with Crippen LogP contribution in [0.15, 0.2) is 18.2 Å². The molecule has 0 radical (unpaired) electrons. The molecule has 0 atom stereocenters. The first-order valence-electron chi connectivity index (χ1n) is 6.48. The Hall–Kier alpha value is -1.91. The third-order valence-electron chi connectivity index (χ3n) is 2.73. The maximum Gasteiger partial charge on any atom is 0.319 e. The van der Waals surface area contributed by atoms with Gasteiger partial charge in [-0.3, -0.25) is 0 Å². The van der Waals surface area contributed by atoms with Gasteiger partial charge in [0.05, 0.1) is 14.2 Å². The maximum atomic E-state index is 11.8. The molecule has 0 aliphatic heterocycles. The number of anilines is 1. The van der Waals surface area contributed by atoms with E-state index in [1.165, 1.54) is 0 Å². The second-order valence-electron chi connectivity index (χ2n) is 4.13. The third-order valence-corrected chi connectivity index (χ3v) is 2.73. The van der Waals surface area contributed by atoms with E-state index in [9.17, 15) is 4.79 Å². The number of unbranched alkanes of at least 4 members (excludes halogenated alkanes) is 2. The van der Waals surface area contributed by atoms with Crippen LogP contribution in [0.1, 0.15) is 26.2 Å². The Morgan fingerprint density at radius 1 is 1.16 bits per heavy atom. The zero-order chi connectivity index (χ0) is 14.1. The third kappa shape index (κ3) is 4.69. The summed E-state index contributed by atoms with van der Waals surface area (Å²) in [5.74, 6) is 1.14. The summed E-state index contributed by atoms with van der Waals surface area (Å²) < 4.78 is 10.4. The number of urea groups is 1. The average Bonchev–Trinajstić information content (AvgIpc) is 2.43. The highest BCUT2D eigenvalue weighted by Gasteiger charge is 2.12. The molecule has 1 aromatic carbocycles. The van der Waals surface area contributed by atoms with Gasteiger partial charge in [0.15, 0.2) is 0 Å². The Morgan fingerprint density at radius 2 is 1.79 bits per heavy atom. The molecule has 0 fully saturated rings. The number of carbonyl (C=O) groups excluding carboxylic acids is 1. The van der Waals surface area contributed by atoms with Gasteiger partial charge in [-0.05, 0) is 18.6 Å². The molecule has 0 spiro atoms. The molecule has 2 N–H and O–H groups in total. The second kappa shape index (κ2) is 8.24. The number of methoxy groups -OCH3 is 2. The Kier molecular flexibility index (Phi) is 6.57. The molecule has 5 heteroatoms. The van der Waals surface area contributed by atoms with E-state index in [4.69, 9.17) is 9.47 Å². The molecule has 106 valence electrons. The van der Waals surface area contributed by atoms with E-state index < -0.39 is 0 Å². The van der Waals surface area contributed by atoms with E-state index in [0.717, 1.165) is 19.3 Å². The van der Waals surface area contributed by atoms with Gasteiger partial charge in [-0.2, -0.15) is 0 Å². The molecular weight excluding hydrogens is 244 g/mol. The number of hydrogen-bond acceptors (Lipinski definition) is 3. The van der Waals surface area contributed by atoms with E-state index >= 15 is 0 Å². The first-order chi connectivity index (χ1) is 9.22. The zero-order valence-corrected chi connectivity index (χ0v) is 11.8. The molecule has 0 saturated carbocycles. The summed E-state index contributed by atoms with van der Waals surface area (Å²) in [6, 6.07) is 5.10. The Balaban J connectivity index is 2.62.